The molecular weight excluding hydrogens is 713 g/mol. The Bertz CT molecular complexity index is 1100. The van der Waals surface area contributed by atoms with Crippen molar-refractivity contribution in [2.24, 2.45) is 0 Å². The smallest absolute Gasteiger partial charge is 0.328 e. The summed E-state index contributed by atoms with van der Waals surface area (Å²) in [5, 5.41) is 2.84. The van der Waals surface area contributed by atoms with E-state index in [2.05, 4.69) is 40.3 Å². The molecule has 0 saturated carbocycles. The Balaban J connectivity index is 2.47. The van der Waals surface area contributed by atoms with Crippen molar-refractivity contribution in [3.05, 3.63) is 29.8 Å². The average molecular weight is 802 g/mol. The Morgan fingerprint density at radius 1 is 0.526 bits per heavy atom. The zero-order valence-corrected chi connectivity index (χ0v) is 37.8. The van der Waals surface area contributed by atoms with Crippen molar-refractivity contribution in [3.8, 4) is 5.75 Å². The lowest BCUT2D eigenvalue weighted by molar-refractivity contribution is -0.870. The first-order chi connectivity index (χ1) is 27.7. The summed E-state index contributed by atoms with van der Waals surface area (Å²) in [5.74, 6) is -0.509. The van der Waals surface area contributed by atoms with Crippen molar-refractivity contribution >= 4 is 17.8 Å². The van der Waals surface area contributed by atoms with Crippen LogP contribution in [0.5, 0.6) is 5.75 Å². The molecule has 0 spiro atoms. The molecule has 8 heteroatoms. The molecule has 1 N–H and O–H groups in total. The number of quaternary nitrogens is 1. The largest absolute Gasteiger partial charge is 0.494 e. The van der Waals surface area contributed by atoms with Gasteiger partial charge in [-0.05, 0) is 69.2 Å². The maximum atomic E-state index is 13.3. The number of unbranched alkanes of at least 4 members (excludes halogenated alkanes) is 25. The third-order valence-electron chi connectivity index (χ3n) is 10.8. The normalized spacial score (nSPS) is 12.0. The van der Waals surface area contributed by atoms with Crippen LogP contribution in [0.1, 0.15) is 217 Å². The van der Waals surface area contributed by atoms with Crippen LogP contribution in [0.4, 0.5) is 0 Å². The molecule has 8 nitrogen and oxygen atoms in total. The van der Waals surface area contributed by atoms with Gasteiger partial charge in [-0.25, -0.2) is 4.79 Å². The van der Waals surface area contributed by atoms with Gasteiger partial charge in [0.15, 0.2) is 0 Å². The number of benzene rings is 1. The van der Waals surface area contributed by atoms with Crippen molar-refractivity contribution in [2.75, 3.05) is 47.5 Å². The fraction of sp³-hybridized carbons (Fsp3) is 0.816. The van der Waals surface area contributed by atoms with Crippen LogP contribution < -0.4 is 10.1 Å². The van der Waals surface area contributed by atoms with E-state index in [1.807, 2.05) is 0 Å². The monoisotopic (exact) mass is 802 g/mol. The van der Waals surface area contributed by atoms with E-state index in [0.29, 0.717) is 31.1 Å². The predicted octanol–water partition coefficient (Wildman–Crippen LogP) is 12.7. The van der Waals surface area contributed by atoms with Crippen LogP contribution in [-0.2, 0) is 19.1 Å². The summed E-state index contributed by atoms with van der Waals surface area (Å²) < 4.78 is 18.0. The molecular formula is C49H89N2O6+. The number of ether oxygens (including phenoxy) is 3. The number of esters is 2. The minimum absolute atomic E-state index is 0.0407. The fourth-order valence-electron chi connectivity index (χ4n) is 7.10. The molecule has 1 aromatic rings. The Kier molecular flexibility index (Phi) is 33.5. The summed E-state index contributed by atoms with van der Waals surface area (Å²) in [4.78, 5) is 39.1. The number of amides is 1. The van der Waals surface area contributed by atoms with Gasteiger partial charge in [0.25, 0.3) is 5.91 Å². The van der Waals surface area contributed by atoms with Gasteiger partial charge < -0.3 is 24.0 Å². The van der Waals surface area contributed by atoms with Gasteiger partial charge in [-0.2, -0.15) is 0 Å². The predicted molar refractivity (Wildman–Crippen MR) is 238 cm³/mol. The quantitative estimate of drug-likeness (QED) is 0.0404. The number of carbonyl (C=O) groups excluding carboxylic acids is 3. The van der Waals surface area contributed by atoms with E-state index in [-0.39, 0.29) is 24.7 Å². The summed E-state index contributed by atoms with van der Waals surface area (Å²) in [5.41, 5.74) is 0.427. The van der Waals surface area contributed by atoms with Crippen LogP contribution in [0.25, 0.3) is 0 Å². The van der Waals surface area contributed by atoms with Crippen molar-refractivity contribution in [1.82, 2.24) is 5.32 Å². The minimum Gasteiger partial charge on any atom is -0.494 e. The average Bonchev–Trinajstić information content (AvgIpc) is 3.19. The third kappa shape index (κ3) is 33.0. The lowest BCUT2D eigenvalue weighted by Gasteiger charge is -2.23. The molecule has 0 bridgehead atoms. The molecule has 1 amide bonds. The Morgan fingerprint density at radius 2 is 0.930 bits per heavy atom. The number of hydrogen-bond donors (Lipinski definition) is 1. The molecule has 0 aliphatic rings. The Morgan fingerprint density at radius 3 is 1.39 bits per heavy atom. The van der Waals surface area contributed by atoms with Gasteiger partial charge in [0.2, 0.25) is 0 Å². The van der Waals surface area contributed by atoms with E-state index in [4.69, 9.17) is 14.2 Å². The van der Waals surface area contributed by atoms with Crippen molar-refractivity contribution in [1.29, 1.82) is 0 Å². The van der Waals surface area contributed by atoms with Crippen LogP contribution >= 0.6 is 0 Å². The number of hydrogen-bond acceptors (Lipinski definition) is 6. The van der Waals surface area contributed by atoms with E-state index in [0.717, 1.165) is 55.8 Å². The van der Waals surface area contributed by atoms with Crippen molar-refractivity contribution in [3.63, 3.8) is 0 Å². The molecule has 1 aromatic carbocycles. The van der Waals surface area contributed by atoms with Gasteiger partial charge in [-0.3, -0.25) is 9.59 Å². The van der Waals surface area contributed by atoms with Gasteiger partial charge in [0.05, 0.1) is 47.5 Å². The number of nitrogens with zero attached hydrogens (tertiary/aromatic N) is 1. The highest BCUT2D eigenvalue weighted by molar-refractivity contribution is 5.97. The van der Waals surface area contributed by atoms with Crippen LogP contribution in [0.2, 0.25) is 0 Å². The molecule has 0 fully saturated rings. The van der Waals surface area contributed by atoms with Crippen molar-refractivity contribution in [2.45, 2.75) is 213 Å². The second-order valence-electron chi connectivity index (χ2n) is 17.5. The molecule has 0 heterocycles. The highest BCUT2D eigenvalue weighted by Gasteiger charge is 2.24. The summed E-state index contributed by atoms with van der Waals surface area (Å²) in [7, 11) is 6.66. The topological polar surface area (TPSA) is 90.9 Å². The van der Waals surface area contributed by atoms with E-state index in [1.165, 1.54) is 135 Å². The summed E-state index contributed by atoms with van der Waals surface area (Å²) in [6.45, 7) is 7.03. The van der Waals surface area contributed by atoms with Crippen LogP contribution in [-0.4, -0.2) is 75.9 Å². The summed E-state index contributed by atoms with van der Waals surface area (Å²) >= 11 is 0. The first-order valence-electron chi connectivity index (χ1n) is 23.8. The molecule has 57 heavy (non-hydrogen) atoms. The minimum atomic E-state index is -0.929. The highest BCUT2D eigenvalue weighted by atomic mass is 16.5. The highest BCUT2D eigenvalue weighted by Crippen LogP contribution is 2.16. The van der Waals surface area contributed by atoms with Crippen LogP contribution in [0.15, 0.2) is 24.3 Å². The van der Waals surface area contributed by atoms with Crippen LogP contribution in [0, 0.1) is 0 Å². The van der Waals surface area contributed by atoms with Gasteiger partial charge in [0, 0.05) is 12.0 Å². The molecule has 0 saturated heterocycles. The van der Waals surface area contributed by atoms with Gasteiger partial charge in [0.1, 0.15) is 11.8 Å². The SMILES string of the molecule is CCCCCCCCCCCCCCOC(=O)CCC(NC(=O)c1ccc(OCCCCCC[N+](C)(C)C)cc1)C(=O)OCCCCCCCCCCCCCC. The summed E-state index contributed by atoms with van der Waals surface area (Å²) in [6, 6.07) is 6.08. The first-order valence-corrected chi connectivity index (χ1v) is 23.8. The summed E-state index contributed by atoms with van der Waals surface area (Å²) in [6.07, 6.45) is 34.5. The Labute approximate surface area is 350 Å². The molecule has 0 aliphatic carbocycles. The maximum absolute atomic E-state index is 13.3. The second kappa shape index (κ2) is 36.5. The lowest BCUT2D eigenvalue weighted by atomic mass is 10.1. The third-order valence-corrected chi connectivity index (χ3v) is 10.8. The van der Waals surface area contributed by atoms with Crippen LogP contribution in [0.3, 0.4) is 0 Å². The van der Waals surface area contributed by atoms with Gasteiger partial charge in [-0.1, -0.05) is 155 Å². The maximum Gasteiger partial charge on any atom is 0.328 e. The molecule has 0 aliphatic heterocycles. The van der Waals surface area contributed by atoms with Crippen molar-refractivity contribution < 1.29 is 33.1 Å². The standard InChI is InChI=1S/C49H88N2O6/c1-6-8-10-12-14-16-18-20-22-24-27-32-42-56-47(52)39-38-46(49(54)57-43-33-28-25-23-21-19-17-15-13-11-9-7-2)50-48(53)44-34-36-45(37-35-44)55-41-31-29-26-30-40-51(3,4)5/h34-37,46H,6-33,38-43H2,1-5H3/p+1. The van der Waals surface area contributed by atoms with E-state index >= 15 is 0 Å². The molecule has 0 aromatic heterocycles. The molecule has 1 unspecified atom stereocenters. The fourth-order valence-corrected chi connectivity index (χ4v) is 7.10. The molecule has 0 radical (unpaired) electrons. The zero-order valence-electron chi connectivity index (χ0n) is 37.8. The lowest BCUT2D eigenvalue weighted by Crippen LogP contribution is -2.42. The zero-order chi connectivity index (χ0) is 41.7. The number of nitrogens with one attached hydrogen (secondary N) is 1. The molecule has 330 valence electrons. The number of rotatable bonds is 40. The van der Waals surface area contributed by atoms with Gasteiger partial charge in [-0.15, -0.1) is 0 Å². The Hall–Kier alpha value is -2.61. The van der Waals surface area contributed by atoms with E-state index < -0.39 is 12.0 Å². The molecule has 1 rings (SSSR count). The number of carbonyl (C=O) groups is 3. The van der Waals surface area contributed by atoms with E-state index in [9.17, 15) is 14.4 Å². The second-order valence-corrected chi connectivity index (χ2v) is 17.5. The van der Waals surface area contributed by atoms with E-state index in [1.54, 1.807) is 24.3 Å². The molecule has 1 atom stereocenters. The van der Waals surface area contributed by atoms with Gasteiger partial charge >= 0.3 is 11.9 Å². The first kappa shape index (κ1) is 52.4.